The maximum atomic E-state index is 5.85. The van der Waals surface area contributed by atoms with Crippen molar-refractivity contribution >= 4 is 0 Å². The zero-order valence-electron chi connectivity index (χ0n) is 10.9. The summed E-state index contributed by atoms with van der Waals surface area (Å²) in [5, 5.41) is 0. The zero-order valence-corrected chi connectivity index (χ0v) is 10.9. The van der Waals surface area contributed by atoms with Gasteiger partial charge in [0, 0.05) is 0 Å². The van der Waals surface area contributed by atoms with Gasteiger partial charge in [0.2, 0.25) is 0 Å². The fourth-order valence-electron chi connectivity index (χ4n) is 1.89. The molecule has 0 saturated carbocycles. The van der Waals surface area contributed by atoms with Gasteiger partial charge in [-0.2, -0.15) is 0 Å². The molecule has 2 N–H and O–H groups in total. The van der Waals surface area contributed by atoms with E-state index >= 15 is 0 Å². The van der Waals surface area contributed by atoms with Crippen molar-refractivity contribution in [1.29, 1.82) is 0 Å². The number of nitrogens with two attached hydrogens (primary N) is 1. The van der Waals surface area contributed by atoms with Crippen LogP contribution < -0.4 is 5.73 Å². The predicted octanol–water partition coefficient (Wildman–Crippen LogP) is 3.63. The molecule has 16 heavy (non-hydrogen) atoms. The lowest BCUT2D eigenvalue weighted by molar-refractivity contribution is 0.323. The van der Waals surface area contributed by atoms with Gasteiger partial charge in [-0.15, -0.1) is 0 Å². The first kappa shape index (κ1) is 13.2. The summed E-state index contributed by atoms with van der Waals surface area (Å²) in [5.74, 6) is 0.627. The monoisotopic (exact) mass is 219 g/mol. The highest BCUT2D eigenvalue weighted by Gasteiger charge is 2.14. The minimum Gasteiger partial charge on any atom is -0.330 e. The lowest BCUT2D eigenvalue weighted by atomic mass is 9.85. The van der Waals surface area contributed by atoms with Crippen molar-refractivity contribution in [2.45, 2.75) is 40.0 Å². The summed E-state index contributed by atoms with van der Waals surface area (Å²) in [6.07, 6.45) is 3.60. The smallest absolute Gasteiger partial charge is 0.00457 e. The normalized spacial score (nSPS) is 13.8. The SMILES string of the molecule is CC(C)(C)CCC(CN)Cc1ccccc1. The highest BCUT2D eigenvalue weighted by atomic mass is 14.5. The van der Waals surface area contributed by atoms with Crippen LogP contribution in [0.15, 0.2) is 30.3 Å². The molecule has 1 rings (SSSR count). The summed E-state index contributed by atoms with van der Waals surface area (Å²) < 4.78 is 0. The number of rotatable bonds is 5. The molecule has 0 spiro atoms. The van der Waals surface area contributed by atoms with Crippen LogP contribution in [0.4, 0.5) is 0 Å². The molecule has 0 amide bonds. The van der Waals surface area contributed by atoms with E-state index in [0.717, 1.165) is 13.0 Å². The number of benzene rings is 1. The Bertz CT molecular complexity index is 284. The van der Waals surface area contributed by atoms with Crippen molar-refractivity contribution < 1.29 is 0 Å². The summed E-state index contributed by atoms with van der Waals surface area (Å²) in [4.78, 5) is 0. The third-order valence-corrected chi connectivity index (χ3v) is 3.00. The van der Waals surface area contributed by atoms with Crippen LogP contribution in [0.25, 0.3) is 0 Å². The molecule has 1 heteroatoms. The van der Waals surface area contributed by atoms with E-state index < -0.39 is 0 Å². The van der Waals surface area contributed by atoms with Crippen LogP contribution in [0.2, 0.25) is 0 Å². The Morgan fingerprint density at radius 3 is 2.25 bits per heavy atom. The highest BCUT2D eigenvalue weighted by Crippen LogP contribution is 2.24. The average Bonchev–Trinajstić information content (AvgIpc) is 2.24. The second-order valence-corrected chi connectivity index (χ2v) is 5.89. The van der Waals surface area contributed by atoms with Crippen molar-refractivity contribution in [2.24, 2.45) is 17.1 Å². The van der Waals surface area contributed by atoms with E-state index in [2.05, 4.69) is 51.1 Å². The van der Waals surface area contributed by atoms with Gasteiger partial charge in [-0.05, 0) is 42.7 Å². The molecule has 0 aliphatic heterocycles. The van der Waals surface area contributed by atoms with E-state index in [0.29, 0.717) is 11.3 Å². The van der Waals surface area contributed by atoms with Crippen LogP contribution in [0, 0.1) is 11.3 Å². The molecule has 0 saturated heterocycles. The molecular weight excluding hydrogens is 194 g/mol. The Kier molecular flexibility index (Phi) is 5.01. The Morgan fingerprint density at radius 1 is 1.12 bits per heavy atom. The Balaban J connectivity index is 2.44. The third-order valence-electron chi connectivity index (χ3n) is 3.00. The molecule has 90 valence electrons. The zero-order chi connectivity index (χ0) is 12.0. The largest absolute Gasteiger partial charge is 0.330 e. The van der Waals surface area contributed by atoms with E-state index in [1.807, 2.05) is 0 Å². The minimum atomic E-state index is 0.421. The third kappa shape index (κ3) is 5.32. The Hall–Kier alpha value is -0.820. The Morgan fingerprint density at radius 2 is 1.75 bits per heavy atom. The van der Waals surface area contributed by atoms with Gasteiger partial charge in [0.25, 0.3) is 0 Å². The summed E-state index contributed by atoms with van der Waals surface area (Å²) in [5.41, 5.74) is 7.68. The molecule has 0 heterocycles. The van der Waals surface area contributed by atoms with Crippen molar-refractivity contribution in [3.8, 4) is 0 Å². The van der Waals surface area contributed by atoms with E-state index in [1.54, 1.807) is 0 Å². The molecule has 1 nitrogen and oxygen atoms in total. The van der Waals surface area contributed by atoms with Crippen LogP contribution in [0.1, 0.15) is 39.2 Å². The standard InChI is InChI=1S/C15H25N/c1-15(2,3)10-9-14(12-16)11-13-7-5-4-6-8-13/h4-8,14H,9-12,16H2,1-3H3. The molecule has 0 aromatic heterocycles. The molecule has 0 aliphatic carbocycles. The van der Waals surface area contributed by atoms with Crippen molar-refractivity contribution in [1.82, 2.24) is 0 Å². The summed E-state index contributed by atoms with van der Waals surface area (Å²) in [7, 11) is 0. The first-order valence-electron chi connectivity index (χ1n) is 6.25. The molecule has 1 aromatic rings. The Labute approximate surface area is 100 Å². The first-order valence-corrected chi connectivity index (χ1v) is 6.25. The van der Waals surface area contributed by atoms with Gasteiger partial charge in [-0.1, -0.05) is 51.1 Å². The molecular formula is C15H25N. The maximum Gasteiger partial charge on any atom is -0.00457 e. The van der Waals surface area contributed by atoms with Gasteiger partial charge in [-0.3, -0.25) is 0 Å². The second-order valence-electron chi connectivity index (χ2n) is 5.89. The number of hydrogen-bond acceptors (Lipinski definition) is 1. The van der Waals surface area contributed by atoms with Gasteiger partial charge in [-0.25, -0.2) is 0 Å². The highest BCUT2D eigenvalue weighted by molar-refractivity contribution is 5.15. The topological polar surface area (TPSA) is 26.0 Å². The summed E-state index contributed by atoms with van der Waals surface area (Å²) in [6.45, 7) is 7.68. The first-order chi connectivity index (χ1) is 7.51. The fraction of sp³-hybridized carbons (Fsp3) is 0.600. The van der Waals surface area contributed by atoms with Gasteiger partial charge in [0.15, 0.2) is 0 Å². The van der Waals surface area contributed by atoms with Gasteiger partial charge < -0.3 is 5.73 Å². The lowest BCUT2D eigenvalue weighted by Crippen LogP contribution is -2.19. The lowest BCUT2D eigenvalue weighted by Gasteiger charge is -2.22. The molecule has 1 aromatic carbocycles. The second kappa shape index (κ2) is 6.05. The molecule has 0 aliphatic rings. The average molecular weight is 219 g/mol. The van der Waals surface area contributed by atoms with E-state index in [9.17, 15) is 0 Å². The van der Waals surface area contributed by atoms with Crippen LogP contribution in [0.5, 0.6) is 0 Å². The summed E-state index contributed by atoms with van der Waals surface area (Å²) >= 11 is 0. The molecule has 0 radical (unpaired) electrons. The molecule has 0 fully saturated rings. The van der Waals surface area contributed by atoms with Gasteiger partial charge in [0.1, 0.15) is 0 Å². The fourth-order valence-corrected chi connectivity index (χ4v) is 1.89. The van der Waals surface area contributed by atoms with E-state index in [4.69, 9.17) is 5.73 Å². The quantitative estimate of drug-likeness (QED) is 0.804. The van der Waals surface area contributed by atoms with Crippen molar-refractivity contribution in [3.05, 3.63) is 35.9 Å². The van der Waals surface area contributed by atoms with Gasteiger partial charge in [0.05, 0.1) is 0 Å². The summed E-state index contributed by atoms with van der Waals surface area (Å²) in [6, 6.07) is 10.7. The van der Waals surface area contributed by atoms with Crippen LogP contribution in [-0.4, -0.2) is 6.54 Å². The predicted molar refractivity (Wildman–Crippen MR) is 71.4 cm³/mol. The van der Waals surface area contributed by atoms with E-state index in [1.165, 1.54) is 18.4 Å². The van der Waals surface area contributed by atoms with Crippen molar-refractivity contribution in [2.75, 3.05) is 6.54 Å². The van der Waals surface area contributed by atoms with Crippen LogP contribution in [-0.2, 0) is 6.42 Å². The molecule has 1 atom stereocenters. The number of hydrogen-bond donors (Lipinski definition) is 1. The molecule has 1 unspecified atom stereocenters. The van der Waals surface area contributed by atoms with Crippen LogP contribution >= 0.6 is 0 Å². The van der Waals surface area contributed by atoms with E-state index in [-0.39, 0.29) is 0 Å². The van der Waals surface area contributed by atoms with Crippen LogP contribution in [0.3, 0.4) is 0 Å². The minimum absolute atomic E-state index is 0.421. The maximum absolute atomic E-state index is 5.85. The van der Waals surface area contributed by atoms with Gasteiger partial charge >= 0.3 is 0 Å². The molecule has 0 bridgehead atoms. The van der Waals surface area contributed by atoms with Crippen molar-refractivity contribution in [3.63, 3.8) is 0 Å².